The lowest BCUT2D eigenvalue weighted by molar-refractivity contribution is -0.142. The predicted molar refractivity (Wildman–Crippen MR) is 102 cm³/mol. The average molecular weight is 352 g/mol. The Bertz CT molecular complexity index is 791. The highest BCUT2D eigenvalue weighted by Crippen LogP contribution is 2.42. The minimum Gasteiger partial charge on any atom is -0.465 e. The number of esters is 1. The Balaban J connectivity index is 2.04. The molecule has 0 fully saturated rings. The largest absolute Gasteiger partial charge is 0.465 e. The number of anilines is 2. The smallest absolute Gasteiger partial charge is 0.302 e. The number of ether oxygens (including phenoxy) is 1. The van der Waals surface area contributed by atoms with Gasteiger partial charge in [0.05, 0.1) is 12.6 Å². The number of rotatable bonds is 4. The minimum absolute atomic E-state index is 0.0177. The van der Waals surface area contributed by atoms with Crippen molar-refractivity contribution in [1.29, 1.82) is 0 Å². The van der Waals surface area contributed by atoms with Gasteiger partial charge in [0.2, 0.25) is 5.91 Å². The number of hydrogen-bond donors (Lipinski definition) is 1. The van der Waals surface area contributed by atoms with Gasteiger partial charge in [0.1, 0.15) is 0 Å². The lowest BCUT2D eigenvalue weighted by atomic mass is 9.81. The van der Waals surface area contributed by atoms with Gasteiger partial charge >= 0.3 is 5.97 Å². The van der Waals surface area contributed by atoms with Crippen LogP contribution in [-0.4, -0.2) is 24.5 Å². The van der Waals surface area contributed by atoms with E-state index in [4.69, 9.17) is 4.74 Å². The maximum atomic E-state index is 12.3. The molecular formula is C21H24N2O3. The van der Waals surface area contributed by atoms with Gasteiger partial charge in [-0.3, -0.25) is 9.59 Å². The molecule has 0 bridgehead atoms. The third-order valence-corrected chi connectivity index (χ3v) is 4.90. The molecule has 2 aromatic carbocycles. The summed E-state index contributed by atoms with van der Waals surface area (Å²) in [5.41, 5.74) is 2.92. The van der Waals surface area contributed by atoms with E-state index in [0.29, 0.717) is 0 Å². The van der Waals surface area contributed by atoms with Crippen molar-refractivity contribution in [1.82, 2.24) is 0 Å². The van der Waals surface area contributed by atoms with Gasteiger partial charge in [-0.2, -0.15) is 0 Å². The molecule has 0 radical (unpaired) electrons. The second kappa shape index (κ2) is 7.60. The lowest BCUT2D eigenvalue weighted by Gasteiger charge is -2.45. The van der Waals surface area contributed by atoms with Crippen LogP contribution < -0.4 is 10.2 Å². The molecule has 5 heteroatoms. The van der Waals surface area contributed by atoms with E-state index in [1.54, 1.807) is 11.8 Å². The fourth-order valence-electron chi connectivity index (χ4n) is 3.69. The number of fused-ring (bicyclic) bond motifs is 1. The summed E-state index contributed by atoms with van der Waals surface area (Å²) in [4.78, 5) is 25.5. The van der Waals surface area contributed by atoms with Crippen LogP contribution in [0.25, 0.3) is 0 Å². The number of carbonyl (C=O) groups excluding carboxylic acids is 2. The molecule has 3 atom stereocenters. The molecule has 0 aromatic heterocycles. The summed E-state index contributed by atoms with van der Waals surface area (Å²) in [6, 6.07) is 17.7. The summed E-state index contributed by atoms with van der Waals surface area (Å²) in [6.07, 6.45) is 0. The van der Waals surface area contributed by atoms with Gasteiger partial charge in [0.25, 0.3) is 0 Å². The number of hydrogen-bond acceptors (Lipinski definition) is 4. The molecule has 3 rings (SSSR count). The Hall–Kier alpha value is -2.82. The van der Waals surface area contributed by atoms with E-state index < -0.39 is 0 Å². The van der Waals surface area contributed by atoms with E-state index in [2.05, 4.69) is 5.32 Å². The summed E-state index contributed by atoms with van der Waals surface area (Å²) in [7, 11) is 0. The Kier molecular flexibility index (Phi) is 5.26. The zero-order chi connectivity index (χ0) is 18.7. The van der Waals surface area contributed by atoms with E-state index in [1.165, 1.54) is 6.92 Å². The fraction of sp³-hybridized carbons (Fsp3) is 0.333. The van der Waals surface area contributed by atoms with Crippen LogP contribution >= 0.6 is 0 Å². The van der Waals surface area contributed by atoms with E-state index in [-0.39, 0.29) is 36.5 Å². The second-order valence-electron chi connectivity index (χ2n) is 6.64. The van der Waals surface area contributed by atoms with Gasteiger partial charge in [0, 0.05) is 37.2 Å². The molecule has 2 unspecified atom stereocenters. The first-order chi connectivity index (χ1) is 12.5. The van der Waals surface area contributed by atoms with Gasteiger partial charge in [-0.25, -0.2) is 0 Å². The summed E-state index contributed by atoms with van der Waals surface area (Å²) in [6.45, 7) is 5.23. The van der Waals surface area contributed by atoms with Crippen LogP contribution in [0.3, 0.4) is 0 Å². The van der Waals surface area contributed by atoms with Crippen LogP contribution in [0.2, 0.25) is 0 Å². The van der Waals surface area contributed by atoms with E-state index >= 15 is 0 Å². The molecule has 0 spiro atoms. The number of para-hydroxylation sites is 2. The number of nitrogens with zero attached hydrogens (tertiary/aromatic N) is 1. The van der Waals surface area contributed by atoms with Gasteiger partial charge in [0.15, 0.2) is 0 Å². The van der Waals surface area contributed by atoms with Crippen LogP contribution in [-0.2, 0) is 14.3 Å². The summed E-state index contributed by atoms with van der Waals surface area (Å²) in [5, 5.41) is 3.57. The SMILES string of the molecule is CC(=O)OCC1C(Nc2ccccc2)c2ccccc2N(C(C)=O)[C@H]1C. The summed E-state index contributed by atoms with van der Waals surface area (Å²) in [5.74, 6) is -0.405. The molecule has 0 aliphatic carbocycles. The van der Waals surface area contributed by atoms with E-state index in [9.17, 15) is 9.59 Å². The van der Waals surface area contributed by atoms with Gasteiger partial charge in [-0.1, -0.05) is 36.4 Å². The van der Waals surface area contributed by atoms with E-state index in [1.807, 2.05) is 61.5 Å². The van der Waals surface area contributed by atoms with Crippen molar-refractivity contribution in [3.63, 3.8) is 0 Å². The summed E-state index contributed by atoms with van der Waals surface area (Å²) >= 11 is 0. The van der Waals surface area contributed by atoms with Crippen molar-refractivity contribution < 1.29 is 14.3 Å². The Labute approximate surface area is 154 Å². The number of amides is 1. The van der Waals surface area contributed by atoms with Crippen molar-refractivity contribution in [3.05, 3.63) is 60.2 Å². The number of benzene rings is 2. The molecule has 5 nitrogen and oxygen atoms in total. The molecule has 1 aliphatic heterocycles. The Morgan fingerprint density at radius 3 is 2.35 bits per heavy atom. The molecule has 0 saturated carbocycles. The molecule has 1 heterocycles. The van der Waals surface area contributed by atoms with Crippen molar-refractivity contribution in [2.45, 2.75) is 32.9 Å². The zero-order valence-electron chi connectivity index (χ0n) is 15.3. The number of nitrogens with one attached hydrogen (secondary N) is 1. The highest BCUT2D eigenvalue weighted by Gasteiger charge is 2.41. The van der Waals surface area contributed by atoms with Gasteiger partial charge in [-0.15, -0.1) is 0 Å². The zero-order valence-corrected chi connectivity index (χ0v) is 15.3. The third kappa shape index (κ3) is 3.57. The quantitative estimate of drug-likeness (QED) is 0.851. The average Bonchev–Trinajstić information content (AvgIpc) is 2.61. The highest BCUT2D eigenvalue weighted by atomic mass is 16.5. The van der Waals surface area contributed by atoms with Crippen molar-refractivity contribution in [2.24, 2.45) is 5.92 Å². The normalized spacial score (nSPS) is 21.7. The van der Waals surface area contributed by atoms with Gasteiger partial charge < -0.3 is 15.0 Å². The lowest BCUT2D eigenvalue weighted by Crippen LogP contribution is -2.51. The van der Waals surface area contributed by atoms with E-state index in [0.717, 1.165) is 16.9 Å². The third-order valence-electron chi connectivity index (χ3n) is 4.90. The number of carbonyl (C=O) groups is 2. The Morgan fingerprint density at radius 1 is 1.04 bits per heavy atom. The molecule has 26 heavy (non-hydrogen) atoms. The maximum Gasteiger partial charge on any atom is 0.302 e. The van der Waals surface area contributed by atoms with Crippen LogP contribution in [0.4, 0.5) is 11.4 Å². The highest BCUT2D eigenvalue weighted by molar-refractivity contribution is 5.94. The molecular weight excluding hydrogens is 328 g/mol. The topological polar surface area (TPSA) is 58.6 Å². The molecule has 1 aliphatic rings. The first-order valence-corrected chi connectivity index (χ1v) is 8.82. The summed E-state index contributed by atoms with van der Waals surface area (Å²) < 4.78 is 5.35. The van der Waals surface area contributed by atoms with Crippen molar-refractivity contribution >= 4 is 23.3 Å². The molecule has 0 saturated heterocycles. The molecule has 1 amide bonds. The van der Waals surface area contributed by atoms with Gasteiger partial charge in [-0.05, 0) is 30.7 Å². The van der Waals surface area contributed by atoms with Crippen molar-refractivity contribution in [3.8, 4) is 0 Å². The predicted octanol–water partition coefficient (Wildman–Crippen LogP) is 3.77. The standard InChI is InChI=1S/C21H24N2O3/c1-14-19(13-26-16(3)25)21(22-17-9-5-4-6-10-17)18-11-7-8-12-20(18)23(14)15(2)24/h4-12,14,19,21-22H,13H2,1-3H3/t14-,19?,21?/m0/s1. The first kappa shape index (κ1) is 18.0. The molecule has 1 N–H and O–H groups in total. The molecule has 136 valence electrons. The van der Waals surface area contributed by atoms with Crippen molar-refractivity contribution in [2.75, 3.05) is 16.8 Å². The monoisotopic (exact) mass is 352 g/mol. The Morgan fingerprint density at radius 2 is 1.69 bits per heavy atom. The maximum absolute atomic E-state index is 12.3. The fourth-order valence-corrected chi connectivity index (χ4v) is 3.69. The van der Waals surface area contributed by atoms with Crippen LogP contribution in [0.5, 0.6) is 0 Å². The minimum atomic E-state index is -0.316. The second-order valence-corrected chi connectivity index (χ2v) is 6.64. The van der Waals surface area contributed by atoms with Crippen LogP contribution in [0.1, 0.15) is 32.4 Å². The first-order valence-electron chi connectivity index (χ1n) is 8.82. The van der Waals surface area contributed by atoms with Crippen LogP contribution in [0.15, 0.2) is 54.6 Å². The molecule has 2 aromatic rings. The van der Waals surface area contributed by atoms with Crippen LogP contribution in [0, 0.1) is 5.92 Å².